The zero-order chi connectivity index (χ0) is 12.4. The molecule has 0 radical (unpaired) electrons. The molecule has 0 amide bonds. The van der Waals surface area contributed by atoms with Crippen LogP contribution in [0.4, 0.5) is 5.69 Å². The number of nitrogens with zero attached hydrogens (tertiary/aromatic N) is 2. The summed E-state index contributed by atoms with van der Waals surface area (Å²) in [4.78, 5) is 0. The van der Waals surface area contributed by atoms with Crippen molar-refractivity contribution >= 4 is 5.69 Å². The number of hydrogen-bond acceptors (Lipinski definition) is 2. The summed E-state index contributed by atoms with van der Waals surface area (Å²) in [5, 5.41) is 7.62. The molecule has 0 saturated carbocycles. The number of nitrogens with one attached hydrogen (secondary N) is 1. The van der Waals surface area contributed by atoms with Gasteiger partial charge in [-0.05, 0) is 31.9 Å². The predicted octanol–water partition coefficient (Wildman–Crippen LogP) is 3.21. The van der Waals surface area contributed by atoms with Crippen LogP contribution in [0.3, 0.4) is 0 Å². The topological polar surface area (TPSA) is 29.9 Å². The first kappa shape index (κ1) is 11.7. The van der Waals surface area contributed by atoms with Gasteiger partial charge in [-0.25, -0.2) is 0 Å². The maximum atomic E-state index is 4.16. The Labute approximate surface area is 102 Å². The second kappa shape index (κ2) is 4.62. The molecule has 17 heavy (non-hydrogen) atoms. The van der Waals surface area contributed by atoms with Gasteiger partial charge in [-0.1, -0.05) is 23.8 Å². The summed E-state index contributed by atoms with van der Waals surface area (Å²) in [5.41, 5.74) is 5.01. The van der Waals surface area contributed by atoms with Crippen LogP contribution in [0.15, 0.2) is 30.6 Å². The third-order valence-electron chi connectivity index (χ3n) is 2.99. The van der Waals surface area contributed by atoms with Crippen LogP contribution in [-0.2, 0) is 7.05 Å². The van der Waals surface area contributed by atoms with E-state index in [-0.39, 0.29) is 0 Å². The molecule has 0 aliphatic carbocycles. The fourth-order valence-corrected chi connectivity index (χ4v) is 2.05. The molecule has 90 valence electrons. The third kappa shape index (κ3) is 2.67. The van der Waals surface area contributed by atoms with Gasteiger partial charge in [-0.15, -0.1) is 0 Å². The number of rotatable bonds is 3. The molecule has 1 aromatic carbocycles. The molecule has 1 heterocycles. The van der Waals surface area contributed by atoms with Crippen molar-refractivity contribution in [3.63, 3.8) is 0 Å². The maximum Gasteiger partial charge on any atom is 0.0731 e. The maximum absolute atomic E-state index is 4.16. The van der Waals surface area contributed by atoms with Crippen LogP contribution < -0.4 is 5.32 Å². The van der Waals surface area contributed by atoms with Gasteiger partial charge in [0.15, 0.2) is 0 Å². The van der Waals surface area contributed by atoms with Gasteiger partial charge < -0.3 is 5.32 Å². The molecule has 1 N–H and O–H groups in total. The fraction of sp³-hybridized carbons (Fsp3) is 0.357. The lowest BCUT2D eigenvalue weighted by Crippen LogP contribution is -2.08. The Morgan fingerprint density at radius 1 is 1.29 bits per heavy atom. The van der Waals surface area contributed by atoms with E-state index in [0.29, 0.717) is 6.04 Å². The fourth-order valence-electron chi connectivity index (χ4n) is 2.05. The lowest BCUT2D eigenvalue weighted by atomic mass is 10.00. The van der Waals surface area contributed by atoms with Crippen molar-refractivity contribution in [3.8, 4) is 0 Å². The molecule has 3 heteroatoms. The number of hydrogen-bond donors (Lipinski definition) is 1. The molecule has 0 aliphatic rings. The van der Waals surface area contributed by atoms with Gasteiger partial charge in [0, 0.05) is 19.3 Å². The Morgan fingerprint density at radius 3 is 2.71 bits per heavy atom. The first-order chi connectivity index (χ1) is 8.06. The molecule has 1 atom stereocenters. The Kier molecular flexibility index (Phi) is 3.18. The Hall–Kier alpha value is -1.77. The van der Waals surface area contributed by atoms with E-state index in [9.17, 15) is 0 Å². The molecule has 3 nitrogen and oxygen atoms in total. The van der Waals surface area contributed by atoms with Gasteiger partial charge in [-0.2, -0.15) is 5.10 Å². The summed E-state index contributed by atoms with van der Waals surface area (Å²) in [7, 11) is 1.92. The smallest absolute Gasteiger partial charge is 0.0731 e. The molecule has 1 unspecified atom stereocenters. The third-order valence-corrected chi connectivity index (χ3v) is 2.99. The van der Waals surface area contributed by atoms with Gasteiger partial charge in [0.25, 0.3) is 0 Å². The van der Waals surface area contributed by atoms with Crippen molar-refractivity contribution in [2.75, 3.05) is 5.32 Å². The van der Waals surface area contributed by atoms with Crippen LogP contribution in [0.1, 0.15) is 29.7 Å². The molecule has 1 aromatic heterocycles. The van der Waals surface area contributed by atoms with Gasteiger partial charge in [0.2, 0.25) is 0 Å². The average Bonchev–Trinajstić information content (AvgIpc) is 2.67. The largest absolute Gasteiger partial charge is 0.376 e. The highest BCUT2D eigenvalue weighted by Crippen LogP contribution is 2.22. The summed E-state index contributed by atoms with van der Waals surface area (Å²) in [6.07, 6.45) is 3.84. The summed E-state index contributed by atoms with van der Waals surface area (Å²) in [6, 6.07) is 6.85. The minimum atomic E-state index is 0.291. The second-order valence-corrected chi connectivity index (χ2v) is 4.63. The zero-order valence-corrected chi connectivity index (χ0v) is 10.9. The van der Waals surface area contributed by atoms with E-state index in [2.05, 4.69) is 49.4 Å². The minimum Gasteiger partial charge on any atom is -0.376 e. The van der Waals surface area contributed by atoms with Gasteiger partial charge in [0.05, 0.1) is 11.9 Å². The molecule has 0 bridgehead atoms. The van der Waals surface area contributed by atoms with E-state index in [1.165, 1.54) is 16.7 Å². The second-order valence-electron chi connectivity index (χ2n) is 4.63. The van der Waals surface area contributed by atoms with E-state index in [4.69, 9.17) is 0 Å². The van der Waals surface area contributed by atoms with Crippen molar-refractivity contribution in [1.29, 1.82) is 0 Å². The van der Waals surface area contributed by atoms with Crippen molar-refractivity contribution in [2.45, 2.75) is 26.8 Å². The lowest BCUT2D eigenvalue weighted by molar-refractivity contribution is 0.767. The summed E-state index contributed by atoms with van der Waals surface area (Å²) in [6.45, 7) is 6.45. The molecule has 2 rings (SSSR count). The molecular formula is C14H19N3. The molecule has 0 spiro atoms. The first-order valence-corrected chi connectivity index (χ1v) is 5.88. The van der Waals surface area contributed by atoms with Gasteiger partial charge >= 0.3 is 0 Å². The van der Waals surface area contributed by atoms with Crippen LogP contribution in [0, 0.1) is 13.8 Å². The minimum absolute atomic E-state index is 0.291. The van der Waals surface area contributed by atoms with Crippen molar-refractivity contribution in [1.82, 2.24) is 9.78 Å². The molecule has 0 saturated heterocycles. The van der Waals surface area contributed by atoms with Crippen molar-refractivity contribution < 1.29 is 0 Å². The Balaban J connectivity index is 2.19. The first-order valence-electron chi connectivity index (χ1n) is 5.88. The highest BCUT2D eigenvalue weighted by molar-refractivity contribution is 5.43. The standard InChI is InChI=1S/C14H19N3/c1-10-5-6-11(2)14(7-10)12(3)16-13-8-15-17(4)9-13/h5-9,12,16H,1-4H3. The van der Waals surface area contributed by atoms with E-state index in [0.717, 1.165) is 5.69 Å². The number of aryl methyl sites for hydroxylation is 3. The van der Waals surface area contributed by atoms with E-state index < -0.39 is 0 Å². The summed E-state index contributed by atoms with van der Waals surface area (Å²) < 4.78 is 1.80. The number of benzene rings is 1. The van der Waals surface area contributed by atoms with Crippen LogP contribution in [0.25, 0.3) is 0 Å². The van der Waals surface area contributed by atoms with Crippen LogP contribution in [0.5, 0.6) is 0 Å². The van der Waals surface area contributed by atoms with Crippen molar-refractivity contribution in [3.05, 3.63) is 47.3 Å². The normalized spacial score (nSPS) is 12.5. The highest BCUT2D eigenvalue weighted by Gasteiger charge is 2.09. The van der Waals surface area contributed by atoms with Gasteiger partial charge in [-0.3, -0.25) is 4.68 Å². The van der Waals surface area contributed by atoms with Crippen LogP contribution in [-0.4, -0.2) is 9.78 Å². The quantitative estimate of drug-likeness (QED) is 0.875. The molecule has 0 fully saturated rings. The predicted molar refractivity (Wildman–Crippen MR) is 71.2 cm³/mol. The molecular weight excluding hydrogens is 210 g/mol. The average molecular weight is 229 g/mol. The Bertz CT molecular complexity index is 514. The van der Waals surface area contributed by atoms with Crippen LogP contribution in [0.2, 0.25) is 0 Å². The summed E-state index contributed by atoms with van der Waals surface area (Å²) in [5.74, 6) is 0. The summed E-state index contributed by atoms with van der Waals surface area (Å²) >= 11 is 0. The molecule has 0 aliphatic heterocycles. The highest BCUT2D eigenvalue weighted by atomic mass is 15.3. The van der Waals surface area contributed by atoms with E-state index in [1.807, 2.05) is 19.4 Å². The SMILES string of the molecule is Cc1ccc(C)c(C(C)Nc2cnn(C)c2)c1. The molecule has 2 aromatic rings. The van der Waals surface area contributed by atoms with E-state index in [1.54, 1.807) is 4.68 Å². The van der Waals surface area contributed by atoms with Crippen LogP contribution >= 0.6 is 0 Å². The zero-order valence-electron chi connectivity index (χ0n) is 10.9. The monoisotopic (exact) mass is 229 g/mol. The lowest BCUT2D eigenvalue weighted by Gasteiger charge is -2.17. The van der Waals surface area contributed by atoms with Crippen molar-refractivity contribution in [2.24, 2.45) is 7.05 Å². The Morgan fingerprint density at radius 2 is 2.06 bits per heavy atom. The van der Waals surface area contributed by atoms with Gasteiger partial charge in [0.1, 0.15) is 0 Å². The number of aromatic nitrogens is 2. The number of anilines is 1. The van der Waals surface area contributed by atoms with E-state index >= 15 is 0 Å².